The Kier molecular flexibility index (Phi) is 3.06. The third kappa shape index (κ3) is 2.07. The van der Waals surface area contributed by atoms with Crippen molar-refractivity contribution in [2.45, 2.75) is 31.8 Å². The van der Waals surface area contributed by atoms with E-state index in [-0.39, 0.29) is 17.3 Å². The van der Waals surface area contributed by atoms with Crippen molar-refractivity contribution in [3.8, 4) is 0 Å². The Morgan fingerprint density at radius 2 is 2.00 bits per heavy atom. The topological polar surface area (TPSA) is 115 Å². The lowest BCUT2D eigenvalue weighted by Gasteiger charge is -2.09. The minimum Gasteiger partial charge on any atom is -0.478 e. The summed E-state index contributed by atoms with van der Waals surface area (Å²) in [5.74, 6) is -1.35. The van der Waals surface area contributed by atoms with Gasteiger partial charge in [0.05, 0.1) is 5.69 Å². The zero-order valence-corrected chi connectivity index (χ0v) is 9.95. The Morgan fingerprint density at radius 1 is 1.50 bits per heavy atom. The number of carbonyl (C=O) groups is 1. The van der Waals surface area contributed by atoms with Crippen molar-refractivity contribution in [3.05, 3.63) is 11.3 Å². The number of primary sulfonamides is 1. The molecule has 0 atom stereocenters. The molecular formula is C8H13N3O4S. The van der Waals surface area contributed by atoms with Crippen molar-refractivity contribution in [2.24, 2.45) is 5.14 Å². The summed E-state index contributed by atoms with van der Waals surface area (Å²) in [5, 5.41) is 17.4. The van der Waals surface area contributed by atoms with Gasteiger partial charge >= 0.3 is 5.97 Å². The highest BCUT2D eigenvalue weighted by atomic mass is 32.2. The molecule has 0 radical (unpaired) electrons. The van der Waals surface area contributed by atoms with Crippen molar-refractivity contribution < 1.29 is 18.3 Å². The summed E-state index contributed by atoms with van der Waals surface area (Å²) in [6.07, 6.45) is 0. The van der Waals surface area contributed by atoms with E-state index in [9.17, 15) is 13.2 Å². The molecule has 0 aromatic carbocycles. The summed E-state index contributed by atoms with van der Waals surface area (Å²) in [6.45, 7) is 4.80. The van der Waals surface area contributed by atoms with E-state index in [0.717, 1.165) is 4.68 Å². The summed E-state index contributed by atoms with van der Waals surface area (Å²) >= 11 is 0. The molecule has 0 fully saturated rings. The van der Waals surface area contributed by atoms with Gasteiger partial charge in [-0.25, -0.2) is 23.0 Å². The van der Waals surface area contributed by atoms with Crippen LogP contribution in [0.5, 0.6) is 0 Å². The normalized spacial score (nSPS) is 12.1. The number of aromatic nitrogens is 2. The SMILES string of the molecule is Cc1nn(C(C)C)c(S(N)(=O)=O)c1C(=O)O. The standard InChI is InChI=1S/C8H13N3O4S/c1-4(2)11-7(16(9,14)15)6(8(12)13)5(3)10-11/h4H,1-3H3,(H,12,13)(H2,9,14,15). The van der Waals surface area contributed by atoms with Gasteiger partial charge in [0.25, 0.3) is 10.0 Å². The molecule has 0 spiro atoms. The number of rotatable bonds is 3. The van der Waals surface area contributed by atoms with Crippen molar-refractivity contribution in [2.75, 3.05) is 0 Å². The molecule has 0 aliphatic carbocycles. The fraction of sp³-hybridized carbons (Fsp3) is 0.500. The molecule has 8 heteroatoms. The highest BCUT2D eigenvalue weighted by Gasteiger charge is 2.29. The largest absolute Gasteiger partial charge is 0.478 e. The zero-order valence-electron chi connectivity index (χ0n) is 9.13. The molecule has 0 bridgehead atoms. The second-order valence-electron chi connectivity index (χ2n) is 3.65. The summed E-state index contributed by atoms with van der Waals surface area (Å²) in [7, 11) is -4.11. The van der Waals surface area contributed by atoms with E-state index in [1.165, 1.54) is 6.92 Å². The van der Waals surface area contributed by atoms with Crippen LogP contribution in [-0.4, -0.2) is 29.3 Å². The minimum atomic E-state index is -4.11. The first-order chi connectivity index (χ1) is 7.16. The minimum absolute atomic E-state index is 0.130. The van der Waals surface area contributed by atoms with E-state index in [1.807, 2.05) is 0 Å². The van der Waals surface area contributed by atoms with Crippen LogP contribution in [0.4, 0.5) is 0 Å². The Labute approximate surface area is 92.9 Å². The number of aryl methyl sites for hydroxylation is 1. The zero-order chi connectivity index (χ0) is 12.7. The maximum atomic E-state index is 11.4. The molecule has 0 saturated heterocycles. The molecule has 7 nitrogen and oxygen atoms in total. The molecule has 0 saturated carbocycles. The Hall–Kier alpha value is -1.41. The van der Waals surface area contributed by atoms with Crippen LogP contribution in [0.15, 0.2) is 5.03 Å². The van der Waals surface area contributed by atoms with Gasteiger partial charge in [0.15, 0.2) is 5.03 Å². The molecule has 1 rings (SSSR count). The predicted molar refractivity (Wildman–Crippen MR) is 55.7 cm³/mol. The maximum Gasteiger partial charge on any atom is 0.340 e. The van der Waals surface area contributed by atoms with E-state index >= 15 is 0 Å². The number of carboxylic acid groups (broad SMARTS) is 1. The second-order valence-corrected chi connectivity index (χ2v) is 5.13. The molecule has 0 unspecified atom stereocenters. The van der Waals surface area contributed by atoms with E-state index in [0.29, 0.717) is 0 Å². The second kappa shape index (κ2) is 3.87. The monoisotopic (exact) mass is 247 g/mol. The van der Waals surface area contributed by atoms with Crippen molar-refractivity contribution in [1.29, 1.82) is 0 Å². The van der Waals surface area contributed by atoms with Gasteiger partial charge in [-0.2, -0.15) is 5.10 Å². The average Bonchev–Trinajstić information content (AvgIpc) is 2.41. The number of hydrogen-bond donors (Lipinski definition) is 2. The molecule has 0 aliphatic rings. The summed E-state index contributed by atoms with van der Waals surface area (Å²) in [6, 6.07) is -0.292. The van der Waals surface area contributed by atoms with E-state index in [1.54, 1.807) is 13.8 Å². The molecule has 0 amide bonds. The third-order valence-electron chi connectivity index (χ3n) is 2.01. The van der Waals surface area contributed by atoms with Crippen LogP contribution in [0.2, 0.25) is 0 Å². The van der Waals surface area contributed by atoms with Crippen LogP contribution in [0, 0.1) is 6.92 Å². The van der Waals surface area contributed by atoms with Crippen LogP contribution in [0.1, 0.15) is 35.9 Å². The van der Waals surface area contributed by atoms with Crippen LogP contribution in [0.3, 0.4) is 0 Å². The Morgan fingerprint density at radius 3 is 2.31 bits per heavy atom. The number of hydrogen-bond acceptors (Lipinski definition) is 4. The fourth-order valence-electron chi connectivity index (χ4n) is 1.40. The van der Waals surface area contributed by atoms with Gasteiger partial charge in [0, 0.05) is 6.04 Å². The highest BCUT2D eigenvalue weighted by molar-refractivity contribution is 7.89. The number of sulfonamides is 1. The molecule has 90 valence electrons. The highest BCUT2D eigenvalue weighted by Crippen LogP contribution is 2.21. The van der Waals surface area contributed by atoms with Gasteiger partial charge in [-0.1, -0.05) is 0 Å². The predicted octanol–water partition coefficient (Wildman–Crippen LogP) is 0.118. The molecule has 16 heavy (non-hydrogen) atoms. The average molecular weight is 247 g/mol. The summed E-state index contributed by atoms with van der Waals surface area (Å²) in [5.41, 5.74) is -0.235. The smallest absolute Gasteiger partial charge is 0.340 e. The number of nitrogens with two attached hydrogens (primary N) is 1. The Balaban J connectivity index is 3.70. The molecular weight excluding hydrogens is 234 g/mol. The number of carboxylic acids is 1. The van der Waals surface area contributed by atoms with E-state index < -0.39 is 21.0 Å². The first-order valence-electron chi connectivity index (χ1n) is 4.51. The summed E-state index contributed by atoms with van der Waals surface area (Å²) in [4.78, 5) is 11.0. The molecule has 1 heterocycles. The first-order valence-corrected chi connectivity index (χ1v) is 6.06. The van der Waals surface area contributed by atoms with Crippen LogP contribution in [-0.2, 0) is 10.0 Å². The molecule has 0 aliphatic heterocycles. The van der Waals surface area contributed by atoms with E-state index in [2.05, 4.69) is 5.10 Å². The van der Waals surface area contributed by atoms with Gasteiger partial charge < -0.3 is 5.11 Å². The molecule has 3 N–H and O–H groups in total. The van der Waals surface area contributed by atoms with Crippen molar-refractivity contribution >= 4 is 16.0 Å². The maximum absolute atomic E-state index is 11.4. The van der Waals surface area contributed by atoms with Crippen LogP contribution >= 0.6 is 0 Å². The van der Waals surface area contributed by atoms with Crippen molar-refractivity contribution in [1.82, 2.24) is 9.78 Å². The van der Waals surface area contributed by atoms with Crippen molar-refractivity contribution in [3.63, 3.8) is 0 Å². The van der Waals surface area contributed by atoms with Gasteiger partial charge in [0.2, 0.25) is 0 Å². The van der Waals surface area contributed by atoms with Gasteiger partial charge in [-0.3, -0.25) is 0 Å². The molecule has 1 aromatic heterocycles. The lowest BCUT2D eigenvalue weighted by molar-refractivity contribution is 0.0691. The van der Waals surface area contributed by atoms with Gasteiger partial charge in [0.1, 0.15) is 5.56 Å². The lowest BCUT2D eigenvalue weighted by atomic mass is 10.3. The quantitative estimate of drug-likeness (QED) is 0.787. The fourth-order valence-corrected chi connectivity index (χ4v) is 2.43. The lowest BCUT2D eigenvalue weighted by Crippen LogP contribution is -2.21. The van der Waals surface area contributed by atoms with Gasteiger partial charge in [-0.05, 0) is 20.8 Å². The number of aromatic carboxylic acids is 1. The van der Waals surface area contributed by atoms with E-state index in [4.69, 9.17) is 10.2 Å². The number of nitrogens with zero attached hydrogens (tertiary/aromatic N) is 2. The van der Waals surface area contributed by atoms with Crippen LogP contribution in [0.25, 0.3) is 0 Å². The third-order valence-corrected chi connectivity index (χ3v) is 2.94. The van der Waals surface area contributed by atoms with Gasteiger partial charge in [-0.15, -0.1) is 0 Å². The Bertz CT molecular complexity index is 530. The molecule has 1 aromatic rings. The summed E-state index contributed by atoms with van der Waals surface area (Å²) < 4.78 is 23.8. The van der Waals surface area contributed by atoms with Crippen LogP contribution < -0.4 is 5.14 Å². The first kappa shape index (κ1) is 12.7.